The van der Waals surface area contributed by atoms with Crippen molar-refractivity contribution >= 4 is 23.7 Å². The van der Waals surface area contributed by atoms with Gasteiger partial charge in [-0.1, -0.05) is 69.7 Å². The lowest BCUT2D eigenvalue weighted by atomic mass is 9.70. The standard InChI is InChI=1S/C37H53N3O7/c1-8-11-18-29(42)38(7)25(6)32(26-16-14-13-15-17-26)46-36(45)30-28-19-20-37(47-28)31(30)34(43)40(27(23-41)24(4)5)33(37)35(44)39(21-10-3)22-12-9-2/h8,10,13-17,24-25,27-28,30-33,41H,1,3,9,11-12,18-23H2,2,4-7H3/t25-,27+,28-,30+,31+,32+,33-,37+/m1/s1. The topological polar surface area (TPSA) is 117 Å². The number of likely N-dealkylation sites (tertiary alicyclic amines) is 1. The number of unbranched alkanes of at least 4 members (excludes halogenated alkanes) is 1. The zero-order valence-electron chi connectivity index (χ0n) is 28.7. The van der Waals surface area contributed by atoms with Crippen molar-refractivity contribution in [1.29, 1.82) is 0 Å². The minimum Gasteiger partial charge on any atom is -0.455 e. The van der Waals surface area contributed by atoms with Crippen molar-refractivity contribution in [2.45, 2.75) is 102 Å². The smallest absolute Gasteiger partial charge is 0.313 e. The van der Waals surface area contributed by atoms with Crippen LogP contribution in [0, 0.1) is 17.8 Å². The Bertz CT molecular complexity index is 1300. The number of hydrogen-bond acceptors (Lipinski definition) is 7. The molecular formula is C37H53N3O7. The molecule has 10 heteroatoms. The molecule has 0 aliphatic carbocycles. The van der Waals surface area contributed by atoms with Gasteiger partial charge in [-0.05, 0) is 44.1 Å². The summed E-state index contributed by atoms with van der Waals surface area (Å²) in [6.07, 6.45) is 5.38. The number of fused-ring (bicyclic) bond motifs is 1. The van der Waals surface area contributed by atoms with Crippen LogP contribution in [-0.4, -0.2) is 100 Å². The molecule has 3 heterocycles. The van der Waals surface area contributed by atoms with Gasteiger partial charge in [-0.15, -0.1) is 13.2 Å². The number of likely N-dealkylation sites (N-methyl/N-ethyl adjacent to an activating group) is 1. The predicted molar refractivity (Wildman–Crippen MR) is 179 cm³/mol. The third-order valence-electron chi connectivity index (χ3n) is 10.4. The third kappa shape index (κ3) is 6.90. The van der Waals surface area contributed by atoms with Crippen LogP contribution in [0.1, 0.15) is 77.9 Å². The Morgan fingerprint density at radius 2 is 1.87 bits per heavy atom. The lowest BCUT2D eigenvalue weighted by Crippen LogP contribution is -2.59. The number of hydrogen-bond donors (Lipinski definition) is 1. The lowest BCUT2D eigenvalue weighted by Gasteiger charge is -2.40. The number of esters is 1. The molecule has 3 saturated heterocycles. The molecular weight excluding hydrogens is 598 g/mol. The fourth-order valence-corrected chi connectivity index (χ4v) is 7.71. The number of aliphatic hydroxyl groups is 1. The van der Waals surface area contributed by atoms with E-state index in [0.29, 0.717) is 32.4 Å². The van der Waals surface area contributed by atoms with Gasteiger partial charge < -0.3 is 29.3 Å². The van der Waals surface area contributed by atoms with Gasteiger partial charge in [0.1, 0.15) is 17.7 Å². The Kier molecular flexibility index (Phi) is 12.1. The van der Waals surface area contributed by atoms with Crippen molar-refractivity contribution in [3.63, 3.8) is 0 Å². The number of aliphatic hydroxyl groups excluding tert-OH is 1. The van der Waals surface area contributed by atoms with Crippen LogP contribution in [0.5, 0.6) is 0 Å². The molecule has 0 radical (unpaired) electrons. The highest BCUT2D eigenvalue weighted by Crippen LogP contribution is 2.59. The van der Waals surface area contributed by atoms with E-state index in [2.05, 4.69) is 13.2 Å². The fourth-order valence-electron chi connectivity index (χ4n) is 7.71. The summed E-state index contributed by atoms with van der Waals surface area (Å²) in [5.74, 6) is -3.34. The second-order valence-electron chi connectivity index (χ2n) is 13.6. The normalized spacial score (nSPS) is 26.4. The summed E-state index contributed by atoms with van der Waals surface area (Å²) < 4.78 is 13.0. The van der Waals surface area contributed by atoms with Crippen LogP contribution >= 0.6 is 0 Å². The van der Waals surface area contributed by atoms with Crippen molar-refractivity contribution in [2.24, 2.45) is 17.8 Å². The quantitative estimate of drug-likeness (QED) is 0.197. The molecule has 1 spiro atoms. The van der Waals surface area contributed by atoms with Gasteiger partial charge in [0.2, 0.25) is 17.7 Å². The molecule has 3 aliphatic rings. The van der Waals surface area contributed by atoms with E-state index in [9.17, 15) is 24.3 Å². The summed E-state index contributed by atoms with van der Waals surface area (Å²) in [4.78, 5) is 61.2. The van der Waals surface area contributed by atoms with Gasteiger partial charge in [-0.2, -0.15) is 0 Å². The molecule has 4 rings (SSSR count). The van der Waals surface area contributed by atoms with E-state index in [1.165, 1.54) is 4.90 Å². The van der Waals surface area contributed by atoms with E-state index in [4.69, 9.17) is 9.47 Å². The number of nitrogens with zero attached hydrogens (tertiary/aromatic N) is 3. The van der Waals surface area contributed by atoms with Crippen LogP contribution in [0.4, 0.5) is 0 Å². The van der Waals surface area contributed by atoms with Crippen molar-refractivity contribution in [1.82, 2.24) is 14.7 Å². The van der Waals surface area contributed by atoms with Crippen molar-refractivity contribution < 1.29 is 33.8 Å². The highest BCUT2D eigenvalue weighted by atomic mass is 16.6. The Morgan fingerprint density at radius 1 is 1.17 bits per heavy atom. The average Bonchev–Trinajstić information content (AvgIpc) is 3.71. The SMILES string of the molecule is C=CCCC(=O)N(C)[C@H](C)[C@H](OC(=O)[C@@H]1[C@H]2C(=O)N([C@@H](CO)C(C)C)[C@H](C(=O)N(CC=C)CCCC)[C@]23CC[C@H]1O3)c1ccccc1. The first-order valence-electron chi connectivity index (χ1n) is 17.1. The van der Waals surface area contributed by atoms with Gasteiger partial charge in [-0.3, -0.25) is 19.2 Å². The van der Waals surface area contributed by atoms with Gasteiger partial charge in [-0.25, -0.2) is 0 Å². The number of rotatable bonds is 17. The zero-order chi connectivity index (χ0) is 34.5. The molecule has 258 valence electrons. The van der Waals surface area contributed by atoms with Gasteiger partial charge in [0.25, 0.3) is 0 Å². The van der Waals surface area contributed by atoms with E-state index in [1.54, 1.807) is 29.0 Å². The van der Waals surface area contributed by atoms with E-state index in [1.807, 2.05) is 58.0 Å². The number of carbonyl (C=O) groups excluding carboxylic acids is 4. The molecule has 1 N–H and O–H groups in total. The number of benzene rings is 1. The fraction of sp³-hybridized carbons (Fsp3) is 0.622. The Hall–Kier alpha value is -3.50. The number of allylic oxidation sites excluding steroid dienone is 1. The summed E-state index contributed by atoms with van der Waals surface area (Å²) in [7, 11) is 1.69. The average molecular weight is 652 g/mol. The molecule has 0 saturated carbocycles. The maximum atomic E-state index is 14.6. The highest BCUT2D eigenvalue weighted by molar-refractivity contribution is 5.98. The van der Waals surface area contributed by atoms with Gasteiger partial charge in [0.05, 0.1) is 36.6 Å². The maximum Gasteiger partial charge on any atom is 0.313 e. The Labute approximate surface area is 279 Å². The Balaban J connectivity index is 1.71. The molecule has 2 bridgehead atoms. The van der Waals surface area contributed by atoms with Crippen molar-refractivity contribution in [3.05, 3.63) is 61.2 Å². The monoisotopic (exact) mass is 651 g/mol. The second kappa shape index (κ2) is 15.6. The summed E-state index contributed by atoms with van der Waals surface area (Å²) in [5, 5.41) is 10.5. The van der Waals surface area contributed by atoms with Gasteiger partial charge >= 0.3 is 5.97 Å². The first kappa shape index (κ1) is 36.3. The zero-order valence-corrected chi connectivity index (χ0v) is 28.7. The Morgan fingerprint density at radius 3 is 2.47 bits per heavy atom. The summed E-state index contributed by atoms with van der Waals surface area (Å²) in [6, 6.07) is 7.13. The minimum absolute atomic E-state index is 0.101. The predicted octanol–water partition coefficient (Wildman–Crippen LogP) is 4.29. The molecule has 3 amide bonds. The highest BCUT2D eigenvalue weighted by Gasteiger charge is 2.75. The van der Waals surface area contributed by atoms with Gasteiger partial charge in [0.15, 0.2) is 0 Å². The van der Waals surface area contributed by atoms with Crippen LogP contribution in [0.3, 0.4) is 0 Å². The number of carbonyl (C=O) groups is 4. The van der Waals surface area contributed by atoms with Crippen LogP contribution < -0.4 is 0 Å². The summed E-state index contributed by atoms with van der Waals surface area (Å²) >= 11 is 0. The molecule has 47 heavy (non-hydrogen) atoms. The van der Waals surface area contributed by atoms with Crippen molar-refractivity contribution in [3.8, 4) is 0 Å². The molecule has 3 aliphatic heterocycles. The minimum atomic E-state index is -1.22. The largest absolute Gasteiger partial charge is 0.455 e. The molecule has 0 aromatic heterocycles. The second-order valence-corrected chi connectivity index (χ2v) is 13.6. The van der Waals surface area contributed by atoms with Crippen molar-refractivity contribution in [2.75, 3.05) is 26.7 Å². The summed E-state index contributed by atoms with van der Waals surface area (Å²) in [6.45, 7) is 15.7. The third-order valence-corrected chi connectivity index (χ3v) is 10.4. The molecule has 0 unspecified atom stereocenters. The number of ether oxygens (including phenoxy) is 2. The van der Waals surface area contributed by atoms with E-state index < -0.39 is 53.7 Å². The lowest BCUT2D eigenvalue weighted by molar-refractivity contribution is -0.165. The van der Waals surface area contributed by atoms with E-state index in [0.717, 1.165) is 18.4 Å². The maximum absolute atomic E-state index is 14.6. The van der Waals surface area contributed by atoms with Crippen LogP contribution in [0.15, 0.2) is 55.6 Å². The van der Waals surface area contributed by atoms with Crippen LogP contribution in [0.2, 0.25) is 0 Å². The number of amides is 3. The molecule has 1 aromatic rings. The molecule has 10 nitrogen and oxygen atoms in total. The van der Waals surface area contributed by atoms with Gasteiger partial charge in [0, 0.05) is 26.6 Å². The van der Waals surface area contributed by atoms with Crippen LogP contribution in [-0.2, 0) is 28.7 Å². The first-order valence-corrected chi connectivity index (χ1v) is 17.1. The van der Waals surface area contributed by atoms with E-state index >= 15 is 0 Å². The molecule has 8 atom stereocenters. The summed E-state index contributed by atoms with van der Waals surface area (Å²) in [5.41, 5.74) is -0.499. The van der Waals surface area contributed by atoms with Crippen LogP contribution in [0.25, 0.3) is 0 Å². The first-order chi connectivity index (χ1) is 22.5. The molecule has 1 aromatic carbocycles. The molecule has 3 fully saturated rings. The van der Waals surface area contributed by atoms with E-state index in [-0.39, 0.29) is 36.7 Å².